The molecule has 2 aromatic rings. The lowest BCUT2D eigenvalue weighted by Gasteiger charge is -2.00. The highest BCUT2D eigenvalue weighted by atomic mass is 19.1. The Hall–Kier alpha value is -2.15. The first-order valence-electron chi connectivity index (χ1n) is 4.01. The Labute approximate surface area is 79.8 Å². The fourth-order valence-electron chi connectivity index (χ4n) is 1.23. The van der Waals surface area contributed by atoms with E-state index in [4.69, 9.17) is 5.26 Å². The van der Waals surface area contributed by atoms with Crippen LogP contribution in [0, 0.1) is 17.1 Å². The van der Waals surface area contributed by atoms with Crippen LogP contribution in [0.2, 0.25) is 0 Å². The van der Waals surface area contributed by atoms with Crippen molar-refractivity contribution >= 4 is 0 Å². The largest absolute Gasteiger partial charge is 0.278 e. The van der Waals surface area contributed by atoms with Crippen LogP contribution in [-0.4, -0.2) is 10.2 Å². The average Bonchev–Trinajstić information content (AvgIpc) is 2.71. The summed E-state index contributed by atoms with van der Waals surface area (Å²) in [5.41, 5.74) is 0.971. The quantitative estimate of drug-likeness (QED) is 0.743. The number of H-pyrrole nitrogens is 1. The summed E-state index contributed by atoms with van der Waals surface area (Å²) in [5.74, 6) is -0.515. The standard InChI is InChI=1S/C10H6FN3/c11-10-7(6-12)2-1-3-8(10)9-4-5-13-14-9/h1-5H,(H,13,14). The van der Waals surface area contributed by atoms with E-state index in [2.05, 4.69) is 10.2 Å². The molecular formula is C10H6FN3. The second-order valence-electron chi connectivity index (χ2n) is 2.75. The summed E-state index contributed by atoms with van der Waals surface area (Å²) in [6.07, 6.45) is 1.54. The maximum atomic E-state index is 13.6. The number of hydrogen-bond acceptors (Lipinski definition) is 2. The van der Waals surface area contributed by atoms with Gasteiger partial charge in [0.2, 0.25) is 0 Å². The molecule has 1 N–H and O–H groups in total. The van der Waals surface area contributed by atoms with Crippen molar-refractivity contribution < 1.29 is 4.39 Å². The van der Waals surface area contributed by atoms with Crippen LogP contribution in [0.5, 0.6) is 0 Å². The minimum absolute atomic E-state index is 0.0390. The van der Waals surface area contributed by atoms with Crippen LogP contribution in [0.15, 0.2) is 30.5 Å². The van der Waals surface area contributed by atoms with Crippen molar-refractivity contribution in [1.29, 1.82) is 5.26 Å². The van der Waals surface area contributed by atoms with E-state index in [-0.39, 0.29) is 5.56 Å². The minimum Gasteiger partial charge on any atom is -0.278 e. The number of rotatable bonds is 1. The zero-order valence-electron chi connectivity index (χ0n) is 7.16. The van der Waals surface area contributed by atoms with Crippen LogP contribution >= 0.6 is 0 Å². The Morgan fingerprint density at radius 1 is 1.36 bits per heavy atom. The molecule has 1 aromatic carbocycles. The van der Waals surface area contributed by atoms with Gasteiger partial charge in [-0.2, -0.15) is 10.4 Å². The summed E-state index contributed by atoms with van der Waals surface area (Å²) in [5, 5.41) is 15.0. The molecule has 14 heavy (non-hydrogen) atoms. The van der Waals surface area contributed by atoms with Gasteiger partial charge in [0, 0.05) is 11.8 Å². The van der Waals surface area contributed by atoms with Crippen molar-refractivity contribution in [2.24, 2.45) is 0 Å². The third kappa shape index (κ3) is 1.25. The van der Waals surface area contributed by atoms with Gasteiger partial charge < -0.3 is 0 Å². The number of halogens is 1. The highest BCUT2D eigenvalue weighted by molar-refractivity contribution is 5.61. The lowest BCUT2D eigenvalue weighted by atomic mass is 10.1. The van der Waals surface area contributed by atoms with Crippen LogP contribution in [0.3, 0.4) is 0 Å². The molecule has 1 aromatic heterocycles. The highest BCUT2D eigenvalue weighted by Gasteiger charge is 2.09. The van der Waals surface area contributed by atoms with Gasteiger partial charge in [0.1, 0.15) is 11.9 Å². The van der Waals surface area contributed by atoms with Crippen LogP contribution in [0.25, 0.3) is 11.3 Å². The molecule has 68 valence electrons. The third-order valence-electron chi connectivity index (χ3n) is 1.91. The molecule has 0 bridgehead atoms. The summed E-state index contributed by atoms with van der Waals surface area (Å²) >= 11 is 0. The Morgan fingerprint density at radius 3 is 2.86 bits per heavy atom. The van der Waals surface area contributed by atoms with E-state index >= 15 is 0 Å². The molecule has 0 amide bonds. The monoisotopic (exact) mass is 187 g/mol. The Balaban J connectivity index is 2.61. The topological polar surface area (TPSA) is 52.5 Å². The first-order valence-corrected chi connectivity index (χ1v) is 4.01. The molecule has 0 aliphatic carbocycles. The molecule has 3 nitrogen and oxygen atoms in total. The van der Waals surface area contributed by atoms with Crippen molar-refractivity contribution in [3.63, 3.8) is 0 Å². The normalized spacial score (nSPS) is 9.71. The molecule has 0 fully saturated rings. The van der Waals surface area contributed by atoms with Gasteiger partial charge in [-0.25, -0.2) is 4.39 Å². The predicted molar refractivity (Wildman–Crippen MR) is 48.7 cm³/mol. The zero-order chi connectivity index (χ0) is 9.97. The molecule has 0 saturated carbocycles. The number of benzene rings is 1. The van der Waals surface area contributed by atoms with E-state index in [1.54, 1.807) is 24.3 Å². The van der Waals surface area contributed by atoms with Crippen molar-refractivity contribution in [3.05, 3.63) is 41.8 Å². The van der Waals surface area contributed by atoms with Crippen molar-refractivity contribution in [2.45, 2.75) is 0 Å². The second-order valence-corrected chi connectivity index (χ2v) is 2.75. The molecule has 0 atom stereocenters. The van der Waals surface area contributed by atoms with Crippen LogP contribution in [0.1, 0.15) is 5.56 Å². The zero-order valence-corrected chi connectivity index (χ0v) is 7.16. The number of hydrogen-bond donors (Lipinski definition) is 1. The van der Waals surface area contributed by atoms with Gasteiger partial charge in [0.15, 0.2) is 0 Å². The summed E-state index contributed by atoms with van der Waals surface area (Å²) in [6, 6.07) is 8.12. The molecule has 0 radical (unpaired) electrons. The van der Waals surface area contributed by atoms with Gasteiger partial charge in [-0.3, -0.25) is 5.10 Å². The number of aromatic nitrogens is 2. The van der Waals surface area contributed by atoms with Crippen molar-refractivity contribution in [2.75, 3.05) is 0 Å². The number of nitrogens with zero attached hydrogens (tertiary/aromatic N) is 2. The molecule has 4 heteroatoms. The molecule has 0 unspecified atom stereocenters. The number of nitrogens with one attached hydrogen (secondary N) is 1. The van der Waals surface area contributed by atoms with E-state index in [0.717, 1.165) is 0 Å². The smallest absolute Gasteiger partial charge is 0.150 e. The molecule has 0 aliphatic heterocycles. The van der Waals surface area contributed by atoms with E-state index in [1.165, 1.54) is 12.3 Å². The van der Waals surface area contributed by atoms with Crippen molar-refractivity contribution in [3.8, 4) is 17.3 Å². The Bertz CT molecular complexity index is 483. The van der Waals surface area contributed by atoms with Gasteiger partial charge >= 0.3 is 0 Å². The fourth-order valence-corrected chi connectivity index (χ4v) is 1.23. The predicted octanol–water partition coefficient (Wildman–Crippen LogP) is 2.09. The molecule has 2 rings (SSSR count). The minimum atomic E-state index is -0.515. The molecular weight excluding hydrogens is 181 g/mol. The SMILES string of the molecule is N#Cc1cccc(-c2ccn[nH]2)c1F. The van der Waals surface area contributed by atoms with Crippen LogP contribution in [-0.2, 0) is 0 Å². The van der Waals surface area contributed by atoms with Crippen molar-refractivity contribution in [1.82, 2.24) is 10.2 Å². The third-order valence-corrected chi connectivity index (χ3v) is 1.91. The highest BCUT2D eigenvalue weighted by Crippen LogP contribution is 2.22. The summed E-state index contributed by atoms with van der Waals surface area (Å²) in [7, 11) is 0. The number of nitriles is 1. The Kier molecular flexibility index (Phi) is 1.99. The summed E-state index contributed by atoms with van der Waals surface area (Å²) < 4.78 is 13.6. The van der Waals surface area contributed by atoms with E-state index in [9.17, 15) is 4.39 Å². The molecule has 1 heterocycles. The fraction of sp³-hybridized carbons (Fsp3) is 0. The molecule has 0 saturated heterocycles. The van der Waals surface area contributed by atoms with Gasteiger partial charge in [0.25, 0.3) is 0 Å². The van der Waals surface area contributed by atoms with Crippen LogP contribution < -0.4 is 0 Å². The maximum absolute atomic E-state index is 13.6. The van der Waals surface area contributed by atoms with Gasteiger partial charge in [0.05, 0.1) is 11.3 Å². The van der Waals surface area contributed by atoms with Gasteiger partial charge in [-0.05, 0) is 18.2 Å². The molecule has 0 spiro atoms. The van der Waals surface area contributed by atoms with Gasteiger partial charge in [-0.15, -0.1) is 0 Å². The van der Waals surface area contributed by atoms with E-state index in [1.807, 2.05) is 0 Å². The second kappa shape index (κ2) is 3.30. The maximum Gasteiger partial charge on any atom is 0.150 e. The van der Waals surface area contributed by atoms with Crippen LogP contribution in [0.4, 0.5) is 4.39 Å². The van der Waals surface area contributed by atoms with E-state index < -0.39 is 5.82 Å². The average molecular weight is 187 g/mol. The summed E-state index contributed by atoms with van der Waals surface area (Å²) in [6.45, 7) is 0. The van der Waals surface area contributed by atoms with E-state index in [0.29, 0.717) is 11.3 Å². The van der Waals surface area contributed by atoms with Gasteiger partial charge in [-0.1, -0.05) is 6.07 Å². The Morgan fingerprint density at radius 2 is 2.21 bits per heavy atom. The first kappa shape index (κ1) is 8.45. The summed E-state index contributed by atoms with van der Waals surface area (Å²) in [4.78, 5) is 0. The molecule has 0 aliphatic rings. The lowest BCUT2D eigenvalue weighted by molar-refractivity contribution is 0.627. The lowest BCUT2D eigenvalue weighted by Crippen LogP contribution is -1.89. The number of aromatic amines is 1. The first-order chi connectivity index (χ1) is 6.83.